The number of aromatic nitrogens is 1. The molecule has 6 nitrogen and oxygen atoms in total. The lowest BCUT2D eigenvalue weighted by Crippen LogP contribution is -2.31. The second kappa shape index (κ2) is 9.09. The number of carbonyl (C=O) groups excluding carboxylic acids is 1. The van der Waals surface area contributed by atoms with E-state index >= 15 is 0 Å². The van der Waals surface area contributed by atoms with Gasteiger partial charge in [0.05, 0.1) is 6.20 Å². The third-order valence-corrected chi connectivity index (χ3v) is 5.32. The molecule has 3 rings (SSSR count). The minimum Gasteiger partial charge on any atom is -0.445 e. The van der Waals surface area contributed by atoms with Crippen molar-refractivity contribution in [2.45, 2.75) is 11.8 Å². The summed E-state index contributed by atoms with van der Waals surface area (Å²) in [6, 6.07) is 15.3. The molecule has 1 heterocycles. The van der Waals surface area contributed by atoms with Crippen LogP contribution in [0.25, 0.3) is 0 Å². The molecule has 0 spiro atoms. The van der Waals surface area contributed by atoms with Crippen LogP contribution in [0.5, 0.6) is 10.8 Å². The zero-order chi connectivity index (χ0) is 20.1. The zero-order valence-electron chi connectivity index (χ0n) is 16.2. The van der Waals surface area contributed by atoms with Crippen molar-refractivity contribution in [2.24, 2.45) is 0 Å². The Morgan fingerprint density at radius 1 is 1.14 bits per heavy atom. The highest BCUT2D eigenvalue weighted by Gasteiger charge is 2.14. The highest BCUT2D eigenvalue weighted by atomic mass is 32.2. The lowest BCUT2D eigenvalue weighted by Gasteiger charge is -2.18. The van der Waals surface area contributed by atoms with Crippen LogP contribution in [0.1, 0.15) is 5.56 Å². The van der Waals surface area contributed by atoms with Gasteiger partial charge in [0, 0.05) is 17.6 Å². The van der Waals surface area contributed by atoms with Crippen molar-refractivity contribution in [1.82, 2.24) is 9.29 Å². The first-order valence-corrected chi connectivity index (χ1v) is 10.2. The first-order chi connectivity index (χ1) is 13.4. The molecule has 0 fully saturated rings. The van der Waals surface area contributed by atoms with Crippen LogP contribution < -0.4 is 15.0 Å². The molecule has 0 radical (unpaired) electrons. The standard InChI is InChI=1S/C20H22N4O2S2/c1-14-7-5-9-16(11-14)26-18-13-21-19(27-18)22-20(25)24(4)15-8-6-10-17(12-15)28-23(2)3/h5-13H,1-4H3,(H,21,22,25). The third kappa shape index (κ3) is 5.48. The van der Waals surface area contributed by atoms with Crippen LogP contribution in [0.2, 0.25) is 0 Å². The second-order valence-electron chi connectivity index (χ2n) is 6.29. The topological polar surface area (TPSA) is 57.7 Å². The number of hydrogen-bond acceptors (Lipinski definition) is 6. The fourth-order valence-electron chi connectivity index (χ4n) is 2.41. The molecular formula is C20H22N4O2S2. The molecule has 1 N–H and O–H groups in total. The Morgan fingerprint density at radius 2 is 1.93 bits per heavy atom. The predicted molar refractivity (Wildman–Crippen MR) is 117 cm³/mol. The molecule has 0 aliphatic rings. The molecule has 3 aromatic rings. The maximum absolute atomic E-state index is 12.6. The van der Waals surface area contributed by atoms with Gasteiger partial charge >= 0.3 is 6.03 Å². The maximum Gasteiger partial charge on any atom is 0.327 e. The number of carbonyl (C=O) groups is 1. The van der Waals surface area contributed by atoms with Crippen LogP contribution >= 0.6 is 23.3 Å². The van der Waals surface area contributed by atoms with Crippen molar-refractivity contribution in [1.29, 1.82) is 0 Å². The molecule has 0 saturated heterocycles. The summed E-state index contributed by atoms with van der Waals surface area (Å²) >= 11 is 2.88. The van der Waals surface area contributed by atoms with Gasteiger partial charge in [-0.05, 0) is 68.9 Å². The summed E-state index contributed by atoms with van der Waals surface area (Å²) in [6.45, 7) is 2.01. The molecule has 2 amide bonds. The van der Waals surface area contributed by atoms with Crippen LogP contribution in [0.3, 0.4) is 0 Å². The molecular weight excluding hydrogens is 392 g/mol. The Morgan fingerprint density at radius 3 is 2.68 bits per heavy atom. The van der Waals surface area contributed by atoms with Crippen LogP contribution in [0.4, 0.5) is 15.6 Å². The van der Waals surface area contributed by atoms with E-state index in [0.717, 1.165) is 21.9 Å². The summed E-state index contributed by atoms with van der Waals surface area (Å²) in [5, 5.41) is 3.92. The normalized spacial score (nSPS) is 10.8. The highest BCUT2D eigenvalue weighted by molar-refractivity contribution is 7.97. The lowest BCUT2D eigenvalue weighted by molar-refractivity contribution is 0.258. The van der Waals surface area contributed by atoms with E-state index in [2.05, 4.69) is 10.3 Å². The van der Waals surface area contributed by atoms with Gasteiger partial charge in [-0.3, -0.25) is 14.5 Å². The highest BCUT2D eigenvalue weighted by Crippen LogP contribution is 2.31. The number of amides is 2. The zero-order valence-corrected chi connectivity index (χ0v) is 17.8. The predicted octanol–water partition coefficient (Wildman–Crippen LogP) is 5.48. The molecule has 0 saturated carbocycles. The van der Waals surface area contributed by atoms with Crippen molar-refractivity contribution in [2.75, 3.05) is 31.4 Å². The van der Waals surface area contributed by atoms with Crippen LogP contribution in [0.15, 0.2) is 59.6 Å². The average Bonchev–Trinajstić information content (AvgIpc) is 3.07. The lowest BCUT2D eigenvalue weighted by atomic mass is 10.2. The van der Waals surface area contributed by atoms with E-state index in [-0.39, 0.29) is 6.03 Å². The van der Waals surface area contributed by atoms with Crippen molar-refractivity contribution in [3.8, 4) is 10.8 Å². The SMILES string of the molecule is Cc1cccc(Oc2cnc(NC(=O)N(C)c3cccc(SN(C)C)c3)s2)c1. The Bertz CT molecular complexity index is 959. The Kier molecular flexibility index (Phi) is 6.56. The number of thiazole rings is 1. The molecule has 0 bridgehead atoms. The first kappa shape index (κ1) is 20.2. The van der Waals surface area contributed by atoms with Gasteiger partial charge < -0.3 is 4.74 Å². The van der Waals surface area contributed by atoms with Gasteiger partial charge in [0.15, 0.2) is 5.13 Å². The van der Waals surface area contributed by atoms with Gasteiger partial charge in [-0.25, -0.2) is 9.78 Å². The van der Waals surface area contributed by atoms with E-state index in [0.29, 0.717) is 10.2 Å². The molecule has 1 aromatic heterocycles. The number of anilines is 2. The Balaban J connectivity index is 1.64. The van der Waals surface area contributed by atoms with Crippen LogP contribution in [-0.2, 0) is 0 Å². The van der Waals surface area contributed by atoms with E-state index in [1.54, 1.807) is 30.1 Å². The summed E-state index contributed by atoms with van der Waals surface area (Å²) < 4.78 is 7.81. The molecule has 0 unspecified atom stereocenters. The summed E-state index contributed by atoms with van der Waals surface area (Å²) in [4.78, 5) is 19.4. The number of benzene rings is 2. The van der Waals surface area contributed by atoms with Gasteiger partial charge in [-0.15, -0.1) is 0 Å². The number of hydrogen-bond donors (Lipinski definition) is 1. The number of ether oxygens (including phenoxy) is 1. The van der Waals surface area contributed by atoms with E-state index in [1.807, 2.05) is 73.9 Å². The van der Waals surface area contributed by atoms with E-state index in [1.165, 1.54) is 11.3 Å². The number of urea groups is 1. The van der Waals surface area contributed by atoms with Crippen molar-refractivity contribution in [3.05, 3.63) is 60.3 Å². The van der Waals surface area contributed by atoms with Crippen LogP contribution in [0, 0.1) is 6.92 Å². The number of aryl methyl sites for hydroxylation is 1. The average molecular weight is 415 g/mol. The maximum atomic E-state index is 12.6. The minimum absolute atomic E-state index is 0.261. The van der Waals surface area contributed by atoms with Crippen molar-refractivity contribution < 1.29 is 9.53 Å². The molecule has 146 valence electrons. The molecule has 0 atom stereocenters. The van der Waals surface area contributed by atoms with E-state index < -0.39 is 0 Å². The number of nitrogens with zero attached hydrogens (tertiary/aromatic N) is 3. The third-order valence-electron chi connectivity index (χ3n) is 3.70. The monoisotopic (exact) mass is 414 g/mol. The van der Waals surface area contributed by atoms with Crippen molar-refractivity contribution in [3.63, 3.8) is 0 Å². The molecule has 2 aromatic carbocycles. The Hall–Kier alpha value is -2.55. The fraction of sp³-hybridized carbons (Fsp3) is 0.200. The fourth-order valence-corrected chi connectivity index (χ4v) is 3.82. The molecule has 0 aliphatic carbocycles. The quantitative estimate of drug-likeness (QED) is 0.541. The van der Waals surface area contributed by atoms with Crippen molar-refractivity contribution >= 4 is 40.1 Å². The first-order valence-electron chi connectivity index (χ1n) is 8.61. The summed E-state index contributed by atoms with van der Waals surface area (Å²) in [5.74, 6) is 0.744. The Labute approximate surface area is 173 Å². The van der Waals surface area contributed by atoms with Gasteiger partial charge in [0.1, 0.15) is 5.75 Å². The van der Waals surface area contributed by atoms with E-state index in [9.17, 15) is 4.79 Å². The number of nitrogens with one attached hydrogen (secondary N) is 1. The van der Waals surface area contributed by atoms with Gasteiger partial charge in [-0.1, -0.05) is 29.5 Å². The van der Waals surface area contributed by atoms with Crippen LogP contribution in [-0.4, -0.2) is 36.5 Å². The van der Waals surface area contributed by atoms with Gasteiger partial charge in [0.2, 0.25) is 5.06 Å². The summed E-state index contributed by atoms with van der Waals surface area (Å²) in [5.41, 5.74) is 1.92. The number of rotatable bonds is 6. The summed E-state index contributed by atoms with van der Waals surface area (Å²) in [7, 11) is 5.69. The summed E-state index contributed by atoms with van der Waals surface area (Å²) in [6.07, 6.45) is 1.61. The largest absolute Gasteiger partial charge is 0.445 e. The van der Waals surface area contributed by atoms with Gasteiger partial charge in [-0.2, -0.15) is 0 Å². The van der Waals surface area contributed by atoms with Gasteiger partial charge in [0.25, 0.3) is 0 Å². The second-order valence-corrected chi connectivity index (χ2v) is 8.67. The van der Waals surface area contributed by atoms with E-state index in [4.69, 9.17) is 4.74 Å². The molecule has 28 heavy (non-hydrogen) atoms. The minimum atomic E-state index is -0.261. The molecule has 0 aliphatic heterocycles. The smallest absolute Gasteiger partial charge is 0.327 e. The molecule has 8 heteroatoms.